The van der Waals surface area contributed by atoms with Crippen molar-refractivity contribution in [1.82, 2.24) is 0 Å². The van der Waals surface area contributed by atoms with Gasteiger partial charge in [0.15, 0.2) is 12.4 Å². The average molecular weight is 354 g/mol. The summed E-state index contributed by atoms with van der Waals surface area (Å²) in [5.74, 6) is -3.05. The number of carbonyl (C=O) groups is 1. The van der Waals surface area contributed by atoms with Gasteiger partial charge in [0.05, 0.1) is 4.92 Å². The molecule has 2 aromatic carbocycles. The van der Waals surface area contributed by atoms with E-state index in [9.17, 15) is 23.7 Å². The van der Waals surface area contributed by atoms with Crippen LogP contribution in [0.2, 0.25) is 0 Å². The van der Waals surface area contributed by atoms with Gasteiger partial charge in [-0.05, 0) is 30.3 Å². The second kappa shape index (κ2) is 8.25. The fraction of sp³-hybridized carbons (Fsp3) is 0.133. The zero-order chi connectivity index (χ0) is 17.5. The highest BCUT2D eigenvalue weighted by molar-refractivity contribution is 7.99. The predicted molar refractivity (Wildman–Crippen MR) is 85.5 cm³/mol. The van der Waals surface area contributed by atoms with Gasteiger partial charge in [0.1, 0.15) is 0 Å². The number of benzene rings is 2. The highest BCUT2D eigenvalue weighted by atomic mass is 32.2. The first-order chi connectivity index (χ1) is 11.5. The molecule has 6 nitrogen and oxygen atoms in total. The van der Waals surface area contributed by atoms with Gasteiger partial charge in [0.25, 0.3) is 11.7 Å². The average Bonchev–Trinajstić information content (AvgIpc) is 2.54. The lowest BCUT2D eigenvalue weighted by Crippen LogP contribution is -2.20. The van der Waals surface area contributed by atoms with E-state index in [2.05, 4.69) is 5.32 Å². The maximum Gasteiger partial charge on any atom is 0.310 e. The molecule has 1 amide bonds. The number of nitrogens with one attached hydrogen (secondary N) is 1. The molecule has 9 heteroatoms. The molecule has 0 saturated heterocycles. The minimum absolute atomic E-state index is 0.0127. The fourth-order valence-electron chi connectivity index (χ4n) is 1.79. The van der Waals surface area contributed by atoms with Crippen LogP contribution in [0.5, 0.6) is 5.75 Å². The van der Waals surface area contributed by atoms with E-state index in [0.717, 1.165) is 0 Å². The van der Waals surface area contributed by atoms with Crippen molar-refractivity contribution in [2.24, 2.45) is 0 Å². The molecule has 0 aliphatic rings. The van der Waals surface area contributed by atoms with Crippen LogP contribution in [0.15, 0.2) is 53.4 Å². The van der Waals surface area contributed by atoms with E-state index in [1.54, 1.807) is 6.07 Å². The Kier molecular flexibility index (Phi) is 6.07. The summed E-state index contributed by atoms with van der Waals surface area (Å²) in [6.45, 7) is -0.418. The third-order valence-electron chi connectivity index (χ3n) is 2.78. The Bertz CT molecular complexity index is 726. The van der Waals surface area contributed by atoms with Crippen LogP contribution in [0.4, 0.5) is 20.2 Å². The number of amides is 1. The molecule has 0 aliphatic carbocycles. The largest absolute Gasteiger partial charge is 0.477 e. The van der Waals surface area contributed by atoms with Gasteiger partial charge in [-0.25, -0.2) is 0 Å². The monoisotopic (exact) mass is 354 g/mol. The van der Waals surface area contributed by atoms with E-state index in [0.29, 0.717) is 22.3 Å². The summed E-state index contributed by atoms with van der Waals surface area (Å²) in [7, 11) is 0. The Morgan fingerprint density at radius 3 is 2.50 bits per heavy atom. The van der Waals surface area contributed by atoms with Crippen LogP contribution in [0.1, 0.15) is 0 Å². The number of nitrogens with zero attached hydrogens (tertiary/aromatic N) is 1. The van der Waals surface area contributed by atoms with Crippen LogP contribution in [0.25, 0.3) is 0 Å². The van der Waals surface area contributed by atoms with Gasteiger partial charge in [0.2, 0.25) is 0 Å². The van der Waals surface area contributed by atoms with Crippen molar-refractivity contribution >= 4 is 29.0 Å². The molecule has 0 bridgehead atoms. The van der Waals surface area contributed by atoms with Gasteiger partial charge in [0, 0.05) is 16.6 Å². The van der Waals surface area contributed by atoms with Gasteiger partial charge in [-0.3, -0.25) is 14.9 Å². The third kappa shape index (κ3) is 5.20. The highest BCUT2D eigenvalue weighted by Gasteiger charge is 2.15. The van der Waals surface area contributed by atoms with Crippen LogP contribution in [0, 0.1) is 10.1 Å². The second-order valence-corrected chi connectivity index (χ2v) is 5.53. The van der Waals surface area contributed by atoms with E-state index in [4.69, 9.17) is 4.74 Å². The SMILES string of the molecule is O=C(COc1ccccc1[N+](=O)[O-])Nc1ccc(SC(F)F)cc1. The molecule has 1 N–H and O–H groups in total. The molecule has 0 spiro atoms. The topological polar surface area (TPSA) is 81.5 Å². The smallest absolute Gasteiger partial charge is 0.310 e. The number of hydrogen-bond acceptors (Lipinski definition) is 5. The van der Waals surface area contributed by atoms with Crippen molar-refractivity contribution in [3.05, 3.63) is 58.6 Å². The molecule has 24 heavy (non-hydrogen) atoms. The third-order valence-corrected chi connectivity index (χ3v) is 3.51. The molecule has 0 atom stereocenters. The first-order valence-electron chi connectivity index (χ1n) is 6.66. The molecule has 0 unspecified atom stereocenters. The zero-order valence-corrected chi connectivity index (χ0v) is 13.0. The molecule has 2 aromatic rings. The number of hydrogen-bond donors (Lipinski definition) is 1. The summed E-state index contributed by atoms with van der Waals surface area (Å²) >= 11 is 0.403. The van der Waals surface area contributed by atoms with Crippen LogP contribution < -0.4 is 10.1 Å². The Hall–Kier alpha value is -2.68. The highest BCUT2D eigenvalue weighted by Crippen LogP contribution is 2.27. The fourth-order valence-corrected chi connectivity index (χ4v) is 2.29. The number of rotatable bonds is 7. The molecule has 2 rings (SSSR count). The summed E-state index contributed by atoms with van der Waals surface area (Å²) in [4.78, 5) is 22.4. The number of nitro groups is 1. The number of carbonyl (C=O) groups excluding carboxylic acids is 1. The summed E-state index contributed by atoms with van der Waals surface area (Å²) in [5.41, 5.74) is 0.170. The first kappa shape index (κ1) is 17.7. The Balaban J connectivity index is 1.91. The number of para-hydroxylation sites is 2. The predicted octanol–water partition coefficient (Wildman–Crippen LogP) is 3.93. The Labute approximate surface area is 140 Å². The number of nitro benzene ring substituents is 1. The quantitative estimate of drug-likeness (QED) is 0.463. The first-order valence-corrected chi connectivity index (χ1v) is 7.54. The van der Waals surface area contributed by atoms with E-state index < -0.39 is 23.2 Å². The van der Waals surface area contributed by atoms with Gasteiger partial charge >= 0.3 is 5.69 Å². The van der Waals surface area contributed by atoms with Crippen molar-refractivity contribution in [2.75, 3.05) is 11.9 Å². The Morgan fingerprint density at radius 2 is 1.88 bits per heavy atom. The summed E-state index contributed by atoms with van der Waals surface area (Å²) in [5, 5.41) is 13.3. The number of ether oxygens (including phenoxy) is 1. The van der Waals surface area contributed by atoms with Gasteiger partial charge in [-0.1, -0.05) is 23.9 Å². The number of anilines is 1. The van der Waals surface area contributed by atoms with Gasteiger partial charge in [-0.15, -0.1) is 0 Å². The van der Waals surface area contributed by atoms with Crippen LogP contribution >= 0.6 is 11.8 Å². The second-order valence-electron chi connectivity index (χ2n) is 4.46. The molecule has 0 heterocycles. The van der Waals surface area contributed by atoms with Crippen molar-refractivity contribution in [3.63, 3.8) is 0 Å². The van der Waals surface area contributed by atoms with Crippen LogP contribution in [-0.2, 0) is 4.79 Å². The van der Waals surface area contributed by atoms with Crippen molar-refractivity contribution in [2.45, 2.75) is 10.7 Å². The summed E-state index contributed by atoms with van der Waals surface area (Å²) in [6.07, 6.45) is 0. The molecule has 0 aromatic heterocycles. The van der Waals surface area contributed by atoms with E-state index in [1.807, 2.05) is 0 Å². The minimum Gasteiger partial charge on any atom is -0.477 e. The summed E-state index contributed by atoms with van der Waals surface area (Å²) in [6, 6.07) is 11.6. The van der Waals surface area contributed by atoms with Crippen molar-refractivity contribution in [3.8, 4) is 5.75 Å². The zero-order valence-electron chi connectivity index (χ0n) is 12.1. The van der Waals surface area contributed by atoms with Crippen molar-refractivity contribution < 1.29 is 23.2 Å². The molecular formula is C15H12F2N2O4S. The maximum absolute atomic E-state index is 12.2. The molecule has 0 saturated carbocycles. The lowest BCUT2D eigenvalue weighted by molar-refractivity contribution is -0.385. The number of alkyl halides is 2. The lowest BCUT2D eigenvalue weighted by atomic mass is 10.3. The minimum atomic E-state index is -2.51. The van der Waals surface area contributed by atoms with E-state index >= 15 is 0 Å². The van der Waals surface area contributed by atoms with Gasteiger partial charge < -0.3 is 10.1 Å². The Morgan fingerprint density at radius 1 is 1.21 bits per heavy atom. The standard InChI is InChI=1S/C15H12F2N2O4S/c16-15(17)24-11-7-5-10(6-8-11)18-14(20)9-23-13-4-2-1-3-12(13)19(21)22/h1-8,15H,9H2,(H,18,20). The number of thioether (sulfide) groups is 1. The molecule has 126 valence electrons. The molecule has 0 radical (unpaired) electrons. The van der Waals surface area contributed by atoms with E-state index in [-0.39, 0.29) is 11.4 Å². The van der Waals surface area contributed by atoms with Crippen LogP contribution in [-0.4, -0.2) is 23.2 Å². The van der Waals surface area contributed by atoms with E-state index in [1.165, 1.54) is 42.5 Å². The number of halogens is 2. The van der Waals surface area contributed by atoms with Crippen LogP contribution in [0.3, 0.4) is 0 Å². The lowest BCUT2D eigenvalue weighted by Gasteiger charge is -2.08. The molecule has 0 aliphatic heterocycles. The summed E-state index contributed by atoms with van der Waals surface area (Å²) < 4.78 is 29.6. The molecular weight excluding hydrogens is 342 g/mol. The maximum atomic E-state index is 12.2. The normalized spacial score (nSPS) is 10.5. The molecule has 0 fully saturated rings. The van der Waals surface area contributed by atoms with Gasteiger partial charge in [-0.2, -0.15) is 8.78 Å². The van der Waals surface area contributed by atoms with Crippen molar-refractivity contribution in [1.29, 1.82) is 0 Å².